The summed E-state index contributed by atoms with van der Waals surface area (Å²) in [4.78, 5) is 68.8. The van der Waals surface area contributed by atoms with Crippen molar-refractivity contribution in [3.63, 3.8) is 0 Å². The maximum Gasteiger partial charge on any atom is 0.338 e. The molecule has 2 aliphatic rings. The topological polar surface area (TPSA) is 145 Å². The summed E-state index contributed by atoms with van der Waals surface area (Å²) in [7, 11) is 0. The lowest BCUT2D eigenvalue weighted by atomic mass is 10.1. The molecule has 4 amide bonds. The summed E-state index contributed by atoms with van der Waals surface area (Å²) in [5, 5.41) is 4.03. The van der Waals surface area contributed by atoms with Gasteiger partial charge in [0.1, 0.15) is 0 Å². The van der Waals surface area contributed by atoms with E-state index in [1.165, 1.54) is 24.3 Å². The number of rotatable bonds is 4. The SMILES string of the molecule is O=C1CC(OC(=O)c2ccc(C(=O)OC3CC(=O)NC3=O)cc2)C(=O)N1. The van der Waals surface area contributed by atoms with Crippen molar-refractivity contribution in [1.82, 2.24) is 10.6 Å². The zero-order valence-corrected chi connectivity index (χ0v) is 13.1. The van der Waals surface area contributed by atoms with Crippen LogP contribution < -0.4 is 10.6 Å². The average Bonchev–Trinajstić information content (AvgIpc) is 3.07. The summed E-state index contributed by atoms with van der Waals surface area (Å²) >= 11 is 0. The highest BCUT2D eigenvalue weighted by atomic mass is 16.6. The number of benzene rings is 1. The van der Waals surface area contributed by atoms with Gasteiger partial charge in [-0.1, -0.05) is 0 Å². The Morgan fingerprint density at radius 3 is 1.35 bits per heavy atom. The molecule has 134 valence electrons. The van der Waals surface area contributed by atoms with Crippen LogP contribution in [0.4, 0.5) is 0 Å². The third-order valence-corrected chi connectivity index (χ3v) is 3.71. The van der Waals surface area contributed by atoms with E-state index in [2.05, 4.69) is 0 Å². The smallest absolute Gasteiger partial charge is 0.338 e. The molecule has 0 saturated carbocycles. The molecule has 0 aliphatic carbocycles. The molecule has 1 aromatic rings. The van der Waals surface area contributed by atoms with Crippen molar-refractivity contribution < 1.29 is 38.2 Å². The number of esters is 2. The van der Waals surface area contributed by atoms with E-state index in [0.717, 1.165) is 0 Å². The van der Waals surface area contributed by atoms with Gasteiger partial charge in [-0.05, 0) is 24.3 Å². The van der Waals surface area contributed by atoms with Crippen LogP contribution in [0.2, 0.25) is 0 Å². The molecule has 2 unspecified atom stereocenters. The van der Waals surface area contributed by atoms with Crippen molar-refractivity contribution in [3.8, 4) is 0 Å². The van der Waals surface area contributed by atoms with E-state index in [0.29, 0.717) is 0 Å². The van der Waals surface area contributed by atoms with Crippen LogP contribution in [-0.4, -0.2) is 47.8 Å². The minimum absolute atomic E-state index is 0.0579. The molecular weight excluding hydrogens is 348 g/mol. The number of ether oxygens (including phenoxy) is 2. The maximum absolute atomic E-state index is 12.0. The third-order valence-electron chi connectivity index (χ3n) is 3.71. The summed E-state index contributed by atoms with van der Waals surface area (Å²) in [6.07, 6.45) is -2.84. The summed E-state index contributed by atoms with van der Waals surface area (Å²) in [6, 6.07) is 5.09. The van der Waals surface area contributed by atoms with Gasteiger partial charge >= 0.3 is 11.9 Å². The molecule has 2 N–H and O–H groups in total. The quantitative estimate of drug-likeness (QED) is 0.505. The molecule has 0 spiro atoms. The molecular formula is C16H12N2O8. The maximum atomic E-state index is 12.0. The molecule has 2 aliphatic heterocycles. The summed E-state index contributed by atoms with van der Waals surface area (Å²) in [5.74, 6) is -4.09. The predicted molar refractivity (Wildman–Crippen MR) is 80.4 cm³/mol. The molecule has 1 aromatic carbocycles. The number of hydrogen-bond acceptors (Lipinski definition) is 8. The van der Waals surface area contributed by atoms with E-state index >= 15 is 0 Å². The number of carbonyl (C=O) groups excluding carboxylic acids is 6. The molecule has 2 heterocycles. The van der Waals surface area contributed by atoms with E-state index in [4.69, 9.17) is 9.47 Å². The van der Waals surface area contributed by atoms with Crippen molar-refractivity contribution in [2.24, 2.45) is 0 Å². The fraction of sp³-hybridized carbons (Fsp3) is 0.250. The van der Waals surface area contributed by atoms with Crippen LogP contribution in [0.1, 0.15) is 33.6 Å². The minimum atomic E-state index is -1.18. The summed E-state index contributed by atoms with van der Waals surface area (Å²) in [6.45, 7) is 0. The monoisotopic (exact) mass is 360 g/mol. The van der Waals surface area contributed by atoms with Gasteiger partial charge in [0, 0.05) is 0 Å². The molecule has 10 heteroatoms. The van der Waals surface area contributed by atoms with Gasteiger partial charge in [0.15, 0.2) is 12.2 Å². The minimum Gasteiger partial charge on any atom is -0.448 e. The Balaban J connectivity index is 1.61. The second kappa shape index (κ2) is 6.75. The summed E-state index contributed by atoms with van der Waals surface area (Å²) in [5.41, 5.74) is 0.116. The first-order chi connectivity index (χ1) is 12.3. The van der Waals surface area contributed by atoms with E-state index in [-0.39, 0.29) is 24.0 Å². The van der Waals surface area contributed by atoms with Gasteiger partial charge in [0.05, 0.1) is 24.0 Å². The van der Waals surface area contributed by atoms with Gasteiger partial charge in [0.25, 0.3) is 11.8 Å². The molecule has 2 saturated heterocycles. The Morgan fingerprint density at radius 1 is 0.731 bits per heavy atom. The first-order valence-electron chi connectivity index (χ1n) is 7.53. The highest BCUT2D eigenvalue weighted by molar-refractivity contribution is 6.07. The van der Waals surface area contributed by atoms with E-state index in [1.54, 1.807) is 0 Å². The van der Waals surface area contributed by atoms with Gasteiger partial charge in [-0.15, -0.1) is 0 Å². The number of carbonyl (C=O) groups is 6. The first-order valence-corrected chi connectivity index (χ1v) is 7.53. The lowest BCUT2D eigenvalue weighted by Gasteiger charge is -2.10. The molecule has 26 heavy (non-hydrogen) atoms. The Kier molecular flexibility index (Phi) is 4.48. The number of hydrogen-bond donors (Lipinski definition) is 2. The van der Waals surface area contributed by atoms with Crippen LogP contribution in [0.15, 0.2) is 24.3 Å². The number of imide groups is 2. The van der Waals surface area contributed by atoms with Crippen LogP contribution in [0, 0.1) is 0 Å². The molecule has 0 radical (unpaired) electrons. The Hall–Kier alpha value is -3.56. The highest BCUT2D eigenvalue weighted by Crippen LogP contribution is 2.14. The van der Waals surface area contributed by atoms with Crippen LogP contribution in [0.3, 0.4) is 0 Å². The van der Waals surface area contributed by atoms with Gasteiger partial charge in [-0.2, -0.15) is 0 Å². The van der Waals surface area contributed by atoms with Crippen molar-refractivity contribution in [2.75, 3.05) is 0 Å². The van der Waals surface area contributed by atoms with Crippen molar-refractivity contribution >= 4 is 35.6 Å². The first kappa shape index (κ1) is 17.3. The van der Waals surface area contributed by atoms with Crippen molar-refractivity contribution in [1.29, 1.82) is 0 Å². The molecule has 2 fully saturated rings. The van der Waals surface area contributed by atoms with Gasteiger partial charge in [0.2, 0.25) is 11.8 Å². The van der Waals surface area contributed by atoms with Crippen LogP contribution >= 0.6 is 0 Å². The van der Waals surface area contributed by atoms with Crippen molar-refractivity contribution in [2.45, 2.75) is 25.0 Å². The second-order valence-electron chi connectivity index (χ2n) is 5.60. The molecule has 10 nitrogen and oxygen atoms in total. The number of nitrogens with one attached hydrogen (secondary N) is 2. The highest BCUT2D eigenvalue weighted by Gasteiger charge is 2.35. The Labute approximate surface area is 145 Å². The average molecular weight is 360 g/mol. The Morgan fingerprint density at radius 2 is 1.08 bits per heavy atom. The van der Waals surface area contributed by atoms with Crippen molar-refractivity contribution in [3.05, 3.63) is 35.4 Å². The van der Waals surface area contributed by atoms with Gasteiger partial charge < -0.3 is 9.47 Å². The van der Waals surface area contributed by atoms with Crippen LogP contribution in [-0.2, 0) is 28.7 Å². The summed E-state index contributed by atoms with van der Waals surface area (Å²) < 4.78 is 9.87. The second-order valence-corrected chi connectivity index (χ2v) is 5.60. The number of amides is 4. The normalized spacial score (nSPS) is 22.0. The lowest BCUT2D eigenvalue weighted by Crippen LogP contribution is -2.28. The standard InChI is InChI=1S/C16H12N2O8/c19-11-5-9(13(21)17-11)25-15(23)7-1-2-8(4-3-7)16(24)26-10-6-12(20)18-14(10)22/h1-4,9-10H,5-6H2,(H,17,19,21)(H,18,20,22). The molecule has 0 bridgehead atoms. The zero-order valence-electron chi connectivity index (χ0n) is 13.1. The molecule has 3 rings (SSSR count). The molecule has 0 aromatic heterocycles. The van der Waals surface area contributed by atoms with E-state index < -0.39 is 47.8 Å². The fourth-order valence-electron chi connectivity index (χ4n) is 2.39. The lowest BCUT2D eigenvalue weighted by molar-refractivity contribution is -0.129. The van der Waals surface area contributed by atoms with E-state index in [9.17, 15) is 28.8 Å². The Bertz CT molecular complexity index is 760. The predicted octanol–water partition coefficient (Wildman–Crippen LogP) is -1.17. The van der Waals surface area contributed by atoms with Crippen LogP contribution in [0.5, 0.6) is 0 Å². The van der Waals surface area contributed by atoms with Crippen LogP contribution in [0.25, 0.3) is 0 Å². The fourth-order valence-corrected chi connectivity index (χ4v) is 2.39. The van der Waals surface area contributed by atoms with E-state index in [1.807, 2.05) is 10.6 Å². The zero-order chi connectivity index (χ0) is 18.8. The van der Waals surface area contributed by atoms with Gasteiger partial charge in [-0.25, -0.2) is 9.59 Å². The van der Waals surface area contributed by atoms with Gasteiger partial charge in [-0.3, -0.25) is 29.8 Å². The third kappa shape index (κ3) is 3.58. The largest absolute Gasteiger partial charge is 0.448 e. The molecule has 2 atom stereocenters.